The van der Waals surface area contributed by atoms with E-state index in [-0.39, 0.29) is 11.9 Å². The van der Waals surface area contributed by atoms with Crippen molar-refractivity contribution in [3.63, 3.8) is 0 Å². The van der Waals surface area contributed by atoms with Crippen LogP contribution in [0.15, 0.2) is 58.4 Å². The molecular weight excluding hydrogens is 404 g/mol. The summed E-state index contributed by atoms with van der Waals surface area (Å²) in [6.07, 6.45) is 4.55. The van der Waals surface area contributed by atoms with E-state index in [1.165, 1.54) is 22.8 Å². The summed E-state index contributed by atoms with van der Waals surface area (Å²) >= 11 is 4.87. The van der Waals surface area contributed by atoms with Crippen LogP contribution in [0, 0.1) is 0 Å². The number of nitrogens with zero attached hydrogens (tertiary/aromatic N) is 5. The van der Waals surface area contributed by atoms with Crippen molar-refractivity contribution in [2.24, 2.45) is 0 Å². The molecule has 0 aliphatic heterocycles. The Balaban J connectivity index is 1.76. The minimum atomic E-state index is -0.706. The highest BCUT2D eigenvalue weighted by molar-refractivity contribution is 9.10. The van der Waals surface area contributed by atoms with Crippen molar-refractivity contribution in [2.75, 3.05) is 5.32 Å². The number of benzene rings is 1. The third kappa shape index (κ3) is 4.23. The predicted molar refractivity (Wildman–Crippen MR) is 99.7 cm³/mol. The van der Waals surface area contributed by atoms with Gasteiger partial charge in [-0.3, -0.25) is 10.1 Å². The average molecular weight is 419 g/mol. The van der Waals surface area contributed by atoms with Crippen LogP contribution in [0.3, 0.4) is 0 Å². The third-order valence-electron chi connectivity index (χ3n) is 3.25. The van der Waals surface area contributed by atoms with E-state index in [9.17, 15) is 4.79 Å². The fourth-order valence-corrected chi connectivity index (χ4v) is 3.24. The molecule has 0 aliphatic carbocycles. The van der Waals surface area contributed by atoms with Crippen LogP contribution in [-0.4, -0.2) is 35.4 Å². The second-order valence-electron chi connectivity index (χ2n) is 5.56. The van der Waals surface area contributed by atoms with E-state index in [2.05, 4.69) is 41.3 Å². The number of amides is 1. The molecule has 2 aromatic heterocycles. The first-order valence-corrected chi connectivity index (χ1v) is 9.00. The zero-order valence-electron chi connectivity index (χ0n) is 13.5. The van der Waals surface area contributed by atoms with Crippen LogP contribution in [-0.2, 0) is 4.79 Å². The molecule has 0 aliphatic rings. The second kappa shape index (κ2) is 7.32. The molecule has 0 fully saturated rings. The first-order chi connectivity index (χ1) is 12.0. The Morgan fingerprint density at radius 3 is 2.52 bits per heavy atom. The lowest BCUT2D eigenvalue weighted by Gasteiger charge is -2.22. The van der Waals surface area contributed by atoms with Crippen molar-refractivity contribution < 1.29 is 4.79 Å². The number of rotatable bonds is 5. The maximum atomic E-state index is 12.7. The van der Waals surface area contributed by atoms with Crippen molar-refractivity contribution in [2.45, 2.75) is 23.5 Å². The third-order valence-corrected chi connectivity index (χ3v) is 4.98. The molecule has 128 valence electrons. The Labute approximate surface area is 157 Å². The highest BCUT2D eigenvalue weighted by Gasteiger charge is 2.30. The van der Waals surface area contributed by atoms with Crippen molar-refractivity contribution in [1.29, 1.82) is 0 Å². The molecule has 0 unspecified atom stereocenters. The maximum absolute atomic E-state index is 12.7. The lowest BCUT2D eigenvalue weighted by Crippen LogP contribution is -2.35. The fraction of sp³-hybridized carbons (Fsp3) is 0.188. The van der Waals surface area contributed by atoms with Crippen molar-refractivity contribution in [1.82, 2.24) is 24.7 Å². The number of thioether (sulfide) groups is 1. The molecule has 0 radical (unpaired) electrons. The summed E-state index contributed by atoms with van der Waals surface area (Å²) in [5.74, 6) is 0.431. The molecule has 1 amide bonds. The van der Waals surface area contributed by atoms with Gasteiger partial charge < -0.3 is 0 Å². The Morgan fingerprint density at radius 1 is 1.16 bits per heavy atom. The molecule has 0 spiro atoms. The number of carbonyl (C=O) groups is 1. The summed E-state index contributed by atoms with van der Waals surface area (Å²) in [6, 6.07) is 9.52. The molecule has 0 bridgehead atoms. The number of anilines is 1. The second-order valence-corrected chi connectivity index (χ2v) is 8.18. The van der Waals surface area contributed by atoms with Gasteiger partial charge in [0.2, 0.25) is 11.9 Å². The molecule has 0 saturated carbocycles. The van der Waals surface area contributed by atoms with Crippen LogP contribution in [0.1, 0.15) is 13.8 Å². The smallest absolute Gasteiger partial charge is 0.253 e. The lowest BCUT2D eigenvalue weighted by atomic mass is 10.2. The van der Waals surface area contributed by atoms with Crippen LogP contribution in [0.4, 0.5) is 5.95 Å². The molecule has 3 aromatic rings. The van der Waals surface area contributed by atoms with Gasteiger partial charge in [-0.1, -0.05) is 15.9 Å². The van der Waals surface area contributed by atoms with Crippen LogP contribution in [0.5, 0.6) is 0 Å². The first-order valence-electron chi connectivity index (χ1n) is 7.39. The zero-order valence-corrected chi connectivity index (χ0v) is 16.0. The summed E-state index contributed by atoms with van der Waals surface area (Å²) < 4.78 is 1.68. The number of carbonyl (C=O) groups excluding carboxylic acids is 1. The first kappa shape index (κ1) is 17.6. The number of aromatic nitrogens is 5. The molecule has 7 nitrogen and oxygen atoms in total. The van der Waals surface area contributed by atoms with Gasteiger partial charge in [0.1, 0.15) is 6.33 Å². The van der Waals surface area contributed by atoms with E-state index >= 15 is 0 Å². The largest absolute Gasteiger partial charge is 0.293 e. The summed E-state index contributed by atoms with van der Waals surface area (Å²) in [7, 11) is 0. The monoisotopic (exact) mass is 418 g/mol. The van der Waals surface area contributed by atoms with Crippen molar-refractivity contribution in [3.05, 3.63) is 53.5 Å². The van der Waals surface area contributed by atoms with Gasteiger partial charge in [0, 0.05) is 21.8 Å². The maximum Gasteiger partial charge on any atom is 0.253 e. The number of hydrogen-bond donors (Lipinski definition) is 1. The molecule has 9 heteroatoms. The molecule has 25 heavy (non-hydrogen) atoms. The zero-order chi connectivity index (χ0) is 17.9. The van der Waals surface area contributed by atoms with Gasteiger partial charge in [-0.2, -0.15) is 14.8 Å². The molecule has 1 aromatic carbocycles. The highest BCUT2D eigenvalue weighted by atomic mass is 79.9. The number of hydrogen-bond acceptors (Lipinski definition) is 6. The van der Waals surface area contributed by atoms with Gasteiger partial charge in [-0.25, -0.2) is 9.97 Å². The summed E-state index contributed by atoms with van der Waals surface area (Å²) in [4.78, 5) is 26.0. The van der Waals surface area contributed by atoms with Gasteiger partial charge >= 0.3 is 0 Å². The Bertz CT molecular complexity index is 866. The van der Waals surface area contributed by atoms with Crippen molar-refractivity contribution >= 4 is 39.5 Å². The standard InChI is InChI=1S/C16H15BrN6OS/c1-16(2,25-12-6-4-11(17)5-7-12)13(24)22-15-20-10-21-23(15)14-18-8-3-9-19-14/h3-10H,1-2H3,(H,20,21,22,24). The predicted octanol–water partition coefficient (Wildman–Crippen LogP) is 3.33. The number of nitrogens with one attached hydrogen (secondary N) is 1. The summed E-state index contributed by atoms with van der Waals surface area (Å²) in [5, 5.41) is 6.87. The van der Waals surface area contributed by atoms with Gasteiger partial charge in [-0.15, -0.1) is 11.8 Å². The molecule has 0 atom stereocenters. The van der Waals surface area contributed by atoms with Crippen molar-refractivity contribution in [3.8, 4) is 5.95 Å². The van der Waals surface area contributed by atoms with E-state index < -0.39 is 4.75 Å². The lowest BCUT2D eigenvalue weighted by molar-refractivity contribution is -0.117. The Hall–Kier alpha value is -2.26. The van der Waals surface area contributed by atoms with E-state index in [1.54, 1.807) is 18.5 Å². The SMILES string of the molecule is CC(C)(Sc1ccc(Br)cc1)C(=O)Nc1ncnn1-c1ncccn1. The summed E-state index contributed by atoms with van der Waals surface area (Å²) in [6.45, 7) is 3.71. The van der Waals surface area contributed by atoms with Gasteiger partial charge in [-0.05, 0) is 44.2 Å². The quantitative estimate of drug-likeness (QED) is 0.639. The average Bonchev–Trinajstić information content (AvgIpc) is 3.06. The number of halogens is 1. The van der Waals surface area contributed by atoms with E-state index in [0.29, 0.717) is 5.95 Å². The Kier molecular flexibility index (Phi) is 5.14. The van der Waals surface area contributed by atoms with Crippen LogP contribution >= 0.6 is 27.7 Å². The van der Waals surface area contributed by atoms with E-state index in [1.807, 2.05) is 38.1 Å². The molecule has 3 rings (SSSR count). The molecule has 1 N–H and O–H groups in total. The van der Waals surface area contributed by atoms with Crippen LogP contribution in [0.2, 0.25) is 0 Å². The Morgan fingerprint density at radius 2 is 1.84 bits per heavy atom. The van der Waals surface area contributed by atoms with Gasteiger partial charge in [0.05, 0.1) is 4.75 Å². The molecular formula is C16H15BrN6OS. The minimum Gasteiger partial charge on any atom is -0.293 e. The van der Waals surface area contributed by atoms with Crippen LogP contribution in [0.25, 0.3) is 5.95 Å². The van der Waals surface area contributed by atoms with Gasteiger partial charge in [0.25, 0.3) is 5.95 Å². The van der Waals surface area contributed by atoms with E-state index in [0.717, 1.165) is 9.37 Å². The summed E-state index contributed by atoms with van der Waals surface area (Å²) in [5.41, 5.74) is 0. The molecule has 2 heterocycles. The molecule has 0 saturated heterocycles. The minimum absolute atomic E-state index is 0.189. The normalized spacial score (nSPS) is 11.3. The van der Waals surface area contributed by atoms with Crippen LogP contribution < -0.4 is 5.32 Å². The topological polar surface area (TPSA) is 85.6 Å². The van der Waals surface area contributed by atoms with Gasteiger partial charge in [0.15, 0.2) is 0 Å². The van der Waals surface area contributed by atoms with E-state index in [4.69, 9.17) is 0 Å². The fourth-order valence-electron chi connectivity index (χ4n) is 1.97. The highest BCUT2D eigenvalue weighted by Crippen LogP contribution is 2.34.